The third kappa shape index (κ3) is 2.54. The van der Waals surface area contributed by atoms with Crippen LogP contribution in [0.4, 0.5) is 0 Å². The zero-order valence-corrected chi connectivity index (χ0v) is 11.9. The highest BCUT2D eigenvalue weighted by atomic mass is 16.5. The van der Waals surface area contributed by atoms with E-state index in [0.717, 1.165) is 38.8 Å². The average molecular weight is 275 g/mol. The number of rotatable bonds is 2. The predicted molar refractivity (Wildman–Crippen MR) is 74.3 cm³/mol. The van der Waals surface area contributed by atoms with Crippen molar-refractivity contribution >= 4 is 5.91 Å². The van der Waals surface area contributed by atoms with Gasteiger partial charge < -0.3 is 9.64 Å². The molecule has 1 aromatic heterocycles. The van der Waals surface area contributed by atoms with Crippen LogP contribution in [0.2, 0.25) is 0 Å². The van der Waals surface area contributed by atoms with Gasteiger partial charge in [0.2, 0.25) is 0 Å². The van der Waals surface area contributed by atoms with Crippen molar-refractivity contribution in [3.8, 4) is 0 Å². The van der Waals surface area contributed by atoms with Crippen LogP contribution in [-0.2, 0) is 4.74 Å². The van der Waals surface area contributed by atoms with Crippen molar-refractivity contribution in [1.82, 2.24) is 14.9 Å². The second-order valence-electron chi connectivity index (χ2n) is 5.89. The molecule has 3 heterocycles. The minimum atomic E-state index is -0.114. The van der Waals surface area contributed by atoms with Crippen molar-refractivity contribution in [3.63, 3.8) is 0 Å². The number of amides is 1. The standard InChI is InChI=1S/C15H21N3O2/c1-2-12-8-15(20-10-12)4-3-7-18(11-15)14(19)13-9-16-5-6-17-13/h5-6,9,12H,2-4,7-8,10-11H2,1H3/t12-,15+/m0/s1. The molecule has 1 spiro atoms. The van der Waals surface area contributed by atoms with E-state index >= 15 is 0 Å². The number of hydrogen-bond donors (Lipinski definition) is 0. The maximum Gasteiger partial charge on any atom is 0.274 e. The molecular formula is C15H21N3O2. The van der Waals surface area contributed by atoms with Crippen LogP contribution in [0, 0.1) is 5.92 Å². The number of nitrogens with zero attached hydrogens (tertiary/aromatic N) is 3. The third-order valence-electron chi connectivity index (χ3n) is 4.47. The predicted octanol–water partition coefficient (Wildman–Crippen LogP) is 1.90. The van der Waals surface area contributed by atoms with E-state index in [1.165, 1.54) is 6.20 Å². The summed E-state index contributed by atoms with van der Waals surface area (Å²) in [5.41, 5.74) is 0.311. The largest absolute Gasteiger partial charge is 0.373 e. The van der Waals surface area contributed by atoms with Gasteiger partial charge in [0.15, 0.2) is 0 Å². The first-order valence-corrected chi connectivity index (χ1v) is 7.42. The van der Waals surface area contributed by atoms with Gasteiger partial charge in [-0.15, -0.1) is 0 Å². The highest BCUT2D eigenvalue weighted by molar-refractivity contribution is 5.92. The maximum atomic E-state index is 12.5. The molecule has 5 nitrogen and oxygen atoms in total. The van der Waals surface area contributed by atoms with E-state index in [-0.39, 0.29) is 11.5 Å². The molecule has 108 valence electrons. The van der Waals surface area contributed by atoms with Crippen molar-refractivity contribution in [2.75, 3.05) is 19.7 Å². The number of hydrogen-bond acceptors (Lipinski definition) is 4. The Kier molecular flexibility index (Phi) is 3.70. The fourth-order valence-electron chi connectivity index (χ4n) is 3.33. The molecule has 0 bridgehead atoms. The lowest BCUT2D eigenvalue weighted by Gasteiger charge is -2.39. The smallest absolute Gasteiger partial charge is 0.274 e. The molecule has 5 heteroatoms. The summed E-state index contributed by atoms with van der Waals surface area (Å²) < 4.78 is 6.07. The molecule has 1 aromatic rings. The zero-order valence-electron chi connectivity index (χ0n) is 11.9. The van der Waals surface area contributed by atoms with Crippen molar-refractivity contribution in [2.45, 2.75) is 38.2 Å². The SMILES string of the molecule is CC[C@@H]1CO[C@]2(CCCN(C(=O)c3cnccn3)C2)C1. The fourth-order valence-corrected chi connectivity index (χ4v) is 3.33. The van der Waals surface area contributed by atoms with E-state index in [2.05, 4.69) is 16.9 Å². The van der Waals surface area contributed by atoms with Gasteiger partial charge in [-0.2, -0.15) is 0 Å². The molecule has 2 fully saturated rings. The maximum absolute atomic E-state index is 12.5. The Labute approximate surface area is 119 Å². The summed E-state index contributed by atoms with van der Waals surface area (Å²) >= 11 is 0. The van der Waals surface area contributed by atoms with Gasteiger partial charge in [-0.3, -0.25) is 9.78 Å². The van der Waals surface area contributed by atoms with Gasteiger partial charge >= 0.3 is 0 Å². The summed E-state index contributed by atoms with van der Waals surface area (Å²) in [6, 6.07) is 0. The molecule has 0 aromatic carbocycles. The van der Waals surface area contributed by atoms with Gasteiger partial charge in [0.1, 0.15) is 5.69 Å². The first kappa shape index (κ1) is 13.5. The lowest BCUT2D eigenvalue weighted by molar-refractivity contribution is -0.0451. The average Bonchev–Trinajstić information content (AvgIpc) is 2.90. The molecule has 0 unspecified atom stereocenters. The lowest BCUT2D eigenvalue weighted by atomic mass is 9.86. The van der Waals surface area contributed by atoms with Gasteiger partial charge in [0, 0.05) is 18.9 Å². The molecule has 1 amide bonds. The van der Waals surface area contributed by atoms with E-state index in [1.54, 1.807) is 12.4 Å². The Morgan fingerprint density at radius 2 is 2.45 bits per heavy atom. The van der Waals surface area contributed by atoms with Crippen LogP contribution in [0.5, 0.6) is 0 Å². The highest BCUT2D eigenvalue weighted by Crippen LogP contribution is 2.38. The number of carbonyl (C=O) groups excluding carboxylic acids is 1. The third-order valence-corrected chi connectivity index (χ3v) is 4.47. The van der Waals surface area contributed by atoms with Gasteiger partial charge in [-0.1, -0.05) is 13.3 Å². The number of likely N-dealkylation sites (tertiary alicyclic amines) is 1. The van der Waals surface area contributed by atoms with Crippen molar-refractivity contribution < 1.29 is 9.53 Å². The summed E-state index contributed by atoms with van der Waals surface area (Å²) in [5.74, 6) is 0.613. The van der Waals surface area contributed by atoms with Gasteiger partial charge in [0.05, 0.1) is 24.9 Å². The molecular weight excluding hydrogens is 254 g/mol. The van der Waals surface area contributed by atoms with E-state index < -0.39 is 0 Å². The second kappa shape index (κ2) is 5.48. The van der Waals surface area contributed by atoms with Gasteiger partial charge in [0.25, 0.3) is 5.91 Å². The Bertz CT molecular complexity index is 479. The van der Waals surface area contributed by atoms with E-state index in [9.17, 15) is 4.79 Å². The number of aromatic nitrogens is 2. The fraction of sp³-hybridized carbons (Fsp3) is 0.667. The normalized spacial score (nSPS) is 29.9. The summed E-state index contributed by atoms with van der Waals surface area (Å²) in [6.45, 7) is 4.53. The summed E-state index contributed by atoms with van der Waals surface area (Å²) in [7, 11) is 0. The molecule has 2 aliphatic rings. The van der Waals surface area contributed by atoms with E-state index in [1.807, 2.05) is 4.90 Å². The molecule has 20 heavy (non-hydrogen) atoms. The Morgan fingerprint density at radius 3 is 3.15 bits per heavy atom. The highest BCUT2D eigenvalue weighted by Gasteiger charge is 2.44. The molecule has 2 aliphatic heterocycles. The summed E-state index contributed by atoms with van der Waals surface area (Å²) in [6.07, 6.45) is 8.98. The quantitative estimate of drug-likeness (QED) is 0.827. The molecule has 2 saturated heterocycles. The number of carbonyl (C=O) groups is 1. The molecule has 3 rings (SSSR count). The zero-order chi connectivity index (χ0) is 14.0. The van der Waals surface area contributed by atoms with Crippen LogP contribution < -0.4 is 0 Å². The molecule has 0 saturated carbocycles. The minimum absolute atomic E-state index is 0.0271. The van der Waals surface area contributed by atoms with Crippen LogP contribution in [0.3, 0.4) is 0 Å². The lowest BCUT2D eigenvalue weighted by Crippen LogP contribution is -2.50. The minimum Gasteiger partial charge on any atom is -0.373 e. The summed E-state index contributed by atoms with van der Waals surface area (Å²) in [4.78, 5) is 22.4. The monoisotopic (exact) mass is 275 g/mol. The van der Waals surface area contributed by atoms with Crippen LogP contribution in [0.25, 0.3) is 0 Å². The van der Waals surface area contributed by atoms with E-state index in [0.29, 0.717) is 18.2 Å². The number of ether oxygens (including phenoxy) is 1. The van der Waals surface area contributed by atoms with Crippen molar-refractivity contribution in [3.05, 3.63) is 24.3 Å². The van der Waals surface area contributed by atoms with Crippen LogP contribution in [-0.4, -0.2) is 46.1 Å². The molecule has 0 N–H and O–H groups in total. The summed E-state index contributed by atoms with van der Waals surface area (Å²) in [5, 5.41) is 0. The van der Waals surface area contributed by atoms with Crippen molar-refractivity contribution in [2.24, 2.45) is 5.92 Å². The van der Waals surface area contributed by atoms with Crippen LogP contribution in [0.15, 0.2) is 18.6 Å². The first-order valence-electron chi connectivity index (χ1n) is 7.42. The Hall–Kier alpha value is -1.49. The molecule has 0 radical (unpaired) electrons. The molecule has 2 atom stereocenters. The van der Waals surface area contributed by atoms with Gasteiger partial charge in [-0.25, -0.2) is 4.98 Å². The Balaban J connectivity index is 1.71. The topological polar surface area (TPSA) is 55.3 Å². The van der Waals surface area contributed by atoms with Crippen LogP contribution in [0.1, 0.15) is 43.1 Å². The van der Waals surface area contributed by atoms with Crippen molar-refractivity contribution in [1.29, 1.82) is 0 Å². The van der Waals surface area contributed by atoms with Gasteiger partial charge in [-0.05, 0) is 25.2 Å². The number of piperidine rings is 1. The van der Waals surface area contributed by atoms with E-state index in [4.69, 9.17) is 4.74 Å². The second-order valence-corrected chi connectivity index (χ2v) is 5.89. The van der Waals surface area contributed by atoms with Crippen LogP contribution >= 0.6 is 0 Å². The first-order chi connectivity index (χ1) is 9.72. The Morgan fingerprint density at radius 1 is 1.55 bits per heavy atom. The molecule has 0 aliphatic carbocycles.